The van der Waals surface area contributed by atoms with Crippen LogP contribution in [0.4, 0.5) is 0 Å². The number of rotatable bonds is 1. The lowest BCUT2D eigenvalue weighted by Gasteiger charge is -2.20. The van der Waals surface area contributed by atoms with E-state index in [4.69, 9.17) is 23.8 Å². The van der Waals surface area contributed by atoms with Crippen LogP contribution in [-0.4, -0.2) is 28.9 Å². The SMILES string of the molecule is CC1C(C(=S)NN)C(N)=NN1C. The molecule has 1 rings (SSSR count). The minimum Gasteiger partial charge on any atom is -0.385 e. The zero-order valence-electron chi connectivity index (χ0n) is 7.11. The van der Waals surface area contributed by atoms with Crippen molar-refractivity contribution in [3.63, 3.8) is 0 Å². The molecule has 6 heteroatoms. The van der Waals surface area contributed by atoms with E-state index >= 15 is 0 Å². The van der Waals surface area contributed by atoms with Crippen molar-refractivity contribution in [1.82, 2.24) is 10.4 Å². The van der Waals surface area contributed by atoms with Gasteiger partial charge in [-0.05, 0) is 6.92 Å². The highest BCUT2D eigenvalue weighted by molar-refractivity contribution is 7.80. The molecule has 0 aromatic heterocycles. The summed E-state index contributed by atoms with van der Waals surface area (Å²) < 4.78 is 0. The van der Waals surface area contributed by atoms with E-state index in [-0.39, 0.29) is 12.0 Å². The Balaban J connectivity index is 2.79. The van der Waals surface area contributed by atoms with Gasteiger partial charge in [0, 0.05) is 7.05 Å². The van der Waals surface area contributed by atoms with Crippen LogP contribution in [0.15, 0.2) is 5.10 Å². The number of hydrazone groups is 1. The van der Waals surface area contributed by atoms with Crippen molar-refractivity contribution in [3.8, 4) is 0 Å². The van der Waals surface area contributed by atoms with Gasteiger partial charge in [0.05, 0.1) is 12.0 Å². The Morgan fingerprint density at radius 3 is 2.67 bits per heavy atom. The maximum atomic E-state index is 5.66. The highest BCUT2D eigenvalue weighted by atomic mass is 32.1. The summed E-state index contributed by atoms with van der Waals surface area (Å²) in [7, 11) is 1.86. The molecule has 0 bridgehead atoms. The summed E-state index contributed by atoms with van der Waals surface area (Å²) in [5.74, 6) is 5.66. The van der Waals surface area contributed by atoms with E-state index in [2.05, 4.69) is 10.5 Å². The second-order valence-corrected chi connectivity index (χ2v) is 3.27. The number of hydrazine groups is 1. The molecular formula is C6H13N5S. The van der Waals surface area contributed by atoms with Crippen LogP contribution in [0.1, 0.15) is 6.92 Å². The molecule has 5 N–H and O–H groups in total. The van der Waals surface area contributed by atoms with E-state index in [0.29, 0.717) is 10.8 Å². The van der Waals surface area contributed by atoms with Crippen molar-refractivity contribution in [2.45, 2.75) is 13.0 Å². The fourth-order valence-corrected chi connectivity index (χ4v) is 1.56. The zero-order valence-corrected chi connectivity index (χ0v) is 7.93. The first-order valence-electron chi connectivity index (χ1n) is 3.65. The quantitative estimate of drug-likeness (QED) is 0.279. The summed E-state index contributed by atoms with van der Waals surface area (Å²) in [6, 6.07) is 0.175. The van der Waals surface area contributed by atoms with Crippen molar-refractivity contribution in [1.29, 1.82) is 0 Å². The summed E-state index contributed by atoms with van der Waals surface area (Å²) in [5, 5.41) is 5.85. The lowest BCUT2D eigenvalue weighted by atomic mass is 10.0. The van der Waals surface area contributed by atoms with Gasteiger partial charge in [0.1, 0.15) is 10.8 Å². The first kappa shape index (κ1) is 9.21. The smallest absolute Gasteiger partial charge is 0.132 e. The molecule has 1 aliphatic heterocycles. The molecule has 1 heterocycles. The summed E-state index contributed by atoms with van der Waals surface area (Å²) in [6.07, 6.45) is 0. The third kappa shape index (κ3) is 1.35. The number of hydrogen-bond acceptors (Lipinski definition) is 5. The number of amidine groups is 1. The van der Waals surface area contributed by atoms with Gasteiger partial charge in [-0.3, -0.25) is 10.9 Å². The van der Waals surface area contributed by atoms with Gasteiger partial charge < -0.3 is 11.2 Å². The van der Waals surface area contributed by atoms with E-state index in [1.54, 1.807) is 5.01 Å². The molecule has 2 atom stereocenters. The second kappa shape index (κ2) is 3.24. The molecule has 5 nitrogen and oxygen atoms in total. The standard InChI is InChI=1S/C6H13N5S/c1-3-4(6(12)9-8)5(7)10-11(3)2/h3-4H,8H2,1-2H3,(H2,7,10)(H,9,12). The van der Waals surface area contributed by atoms with Crippen molar-refractivity contribution in [2.24, 2.45) is 22.6 Å². The Morgan fingerprint density at radius 1 is 1.75 bits per heavy atom. The summed E-state index contributed by atoms with van der Waals surface area (Å²) in [4.78, 5) is 0.535. The molecule has 1 aliphatic rings. The van der Waals surface area contributed by atoms with Crippen molar-refractivity contribution >= 4 is 23.0 Å². The fourth-order valence-electron chi connectivity index (χ4n) is 1.24. The molecule has 0 aromatic carbocycles. The molecule has 68 valence electrons. The van der Waals surface area contributed by atoms with Crippen LogP contribution in [0.25, 0.3) is 0 Å². The minimum absolute atomic E-state index is 0.0602. The Morgan fingerprint density at radius 2 is 2.33 bits per heavy atom. The van der Waals surface area contributed by atoms with Crippen molar-refractivity contribution in [3.05, 3.63) is 0 Å². The number of hydrogen-bond donors (Lipinski definition) is 3. The summed E-state index contributed by atoms with van der Waals surface area (Å²) in [6.45, 7) is 2.00. The molecule has 0 aliphatic carbocycles. The van der Waals surface area contributed by atoms with E-state index in [9.17, 15) is 0 Å². The Kier molecular flexibility index (Phi) is 2.49. The molecule has 0 saturated heterocycles. The van der Waals surface area contributed by atoms with Crippen LogP contribution >= 0.6 is 12.2 Å². The number of thiocarbonyl (C=S) groups is 1. The normalized spacial score (nSPS) is 28.6. The molecule has 0 fully saturated rings. The maximum Gasteiger partial charge on any atom is 0.132 e. The van der Waals surface area contributed by atoms with Gasteiger partial charge in [-0.15, -0.1) is 0 Å². The van der Waals surface area contributed by atoms with Gasteiger partial charge in [-0.25, -0.2) is 0 Å². The lowest BCUT2D eigenvalue weighted by molar-refractivity contribution is 0.286. The van der Waals surface area contributed by atoms with Crippen LogP contribution in [0.5, 0.6) is 0 Å². The molecule has 12 heavy (non-hydrogen) atoms. The van der Waals surface area contributed by atoms with Gasteiger partial charge in [-0.2, -0.15) is 5.10 Å². The Labute approximate surface area is 76.7 Å². The number of nitrogens with two attached hydrogens (primary N) is 2. The highest BCUT2D eigenvalue weighted by Gasteiger charge is 2.33. The first-order chi connectivity index (χ1) is 5.57. The Bertz CT molecular complexity index is 226. The van der Waals surface area contributed by atoms with Crippen LogP contribution in [-0.2, 0) is 0 Å². The minimum atomic E-state index is -0.0602. The van der Waals surface area contributed by atoms with Gasteiger partial charge in [0.2, 0.25) is 0 Å². The highest BCUT2D eigenvalue weighted by Crippen LogP contribution is 2.18. The fraction of sp³-hybridized carbons (Fsp3) is 0.667. The second-order valence-electron chi connectivity index (χ2n) is 2.83. The average molecular weight is 187 g/mol. The molecule has 0 spiro atoms. The van der Waals surface area contributed by atoms with Crippen molar-refractivity contribution < 1.29 is 0 Å². The van der Waals surface area contributed by atoms with Gasteiger partial charge in [0.15, 0.2) is 0 Å². The third-order valence-electron chi connectivity index (χ3n) is 2.09. The monoisotopic (exact) mass is 187 g/mol. The predicted molar refractivity (Wildman–Crippen MR) is 52.3 cm³/mol. The molecule has 0 saturated carbocycles. The molecule has 0 aromatic rings. The Hall–Kier alpha value is -0.880. The van der Waals surface area contributed by atoms with Gasteiger partial charge in [-0.1, -0.05) is 12.2 Å². The van der Waals surface area contributed by atoms with Gasteiger partial charge in [0.25, 0.3) is 0 Å². The number of nitrogens with zero attached hydrogens (tertiary/aromatic N) is 2. The topological polar surface area (TPSA) is 79.7 Å². The molecule has 0 radical (unpaired) electrons. The molecule has 2 unspecified atom stereocenters. The first-order valence-corrected chi connectivity index (χ1v) is 4.06. The van der Waals surface area contributed by atoms with E-state index in [1.807, 2.05) is 14.0 Å². The van der Waals surface area contributed by atoms with E-state index in [0.717, 1.165) is 0 Å². The summed E-state index contributed by atoms with van der Waals surface area (Å²) in [5.41, 5.74) is 8.09. The summed E-state index contributed by atoms with van der Waals surface area (Å²) >= 11 is 5.00. The largest absolute Gasteiger partial charge is 0.385 e. The molecule has 0 amide bonds. The van der Waals surface area contributed by atoms with Crippen LogP contribution in [0.2, 0.25) is 0 Å². The van der Waals surface area contributed by atoms with Crippen LogP contribution in [0.3, 0.4) is 0 Å². The van der Waals surface area contributed by atoms with E-state index < -0.39 is 0 Å². The van der Waals surface area contributed by atoms with Crippen molar-refractivity contribution in [2.75, 3.05) is 7.05 Å². The predicted octanol–water partition coefficient (Wildman–Crippen LogP) is -1.00. The lowest BCUT2D eigenvalue weighted by Crippen LogP contribution is -2.44. The zero-order chi connectivity index (χ0) is 9.30. The van der Waals surface area contributed by atoms with Gasteiger partial charge >= 0.3 is 0 Å². The number of nitrogens with one attached hydrogen (secondary N) is 1. The van der Waals surface area contributed by atoms with Crippen LogP contribution < -0.4 is 17.0 Å². The maximum absolute atomic E-state index is 5.66. The third-order valence-corrected chi connectivity index (χ3v) is 2.46. The van der Waals surface area contributed by atoms with Crippen LogP contribution in [0, 0.1) is 5.92 Å². The average Bonchev–Trinajstić information content (AvgIpc) is 2.26. The van der Waals surface area contributed by atoms with E-state index in [1.165, 1.54) is 0 Å². The molecular weight excluding hydrogens is 174 g/mol.